The molecule has 4 rings (SSSR count). The molecule has 0 atom stereocenters. The Morgan fingerprint density at radius 2 is 1.92 bits per heavy atom. The van der Waals surface area contributed by atoms with Gasteiger partial charge in [0.15, 0.2) is 16.6 Å². The van der Waals surface area contributed by atoms with E-state index in [1.54, 1.807) is 0 Å². The van der Waals surface area contributed by atoms with Gasteiger partial charge in [0.1, 0.15) is 0 Å². The van der Waals surface area contributed by atoms with Crippen LogP contribution in [-0.4, -0.2) is 66.4 Å². The third-order valence-corrected chi connectivity index (χ3v) is 5.25. The molecular weight excluding hydrogens is 352 g/mol. The molecule has 2 N–H and O–H groups in total. The Labute approximate surface area is 158 Å². The van der Waals surface area contributed by atoms with Gasteiger partial charge in [-0.05, 0) is 42.8 Å². The highest BCUT2D eigenvalue weighted by atomic mass is 32.1. The van der Waals surface area contributed by atoms with Crippen molar-refractivity contribution in [3.8, 4) is 11.5 Å². The van der Waals surface area contributed by atoms with E-state index >= 15 is 0 Å². The van der Waals surface area contributed by atoms with Gasteiger partial charge >= 0.3 is 0 Å². The maximum atomic E-state index is 11.9. The lowest BCUT2D eigenvalue weighted by Crippen LogP contribution is -2.53. The summed E-state index contributed by atoms with van der Waals surface area (Å²) in [6.45, 7) is 4.80. The highest BCUT2D eigenvalue weighted by Gasteiger charge is 2.25. The highest BCUT2D eigenvalue weighted by Crippen LogP contribution is 2.32. The van der Waals surface area contributed by atoms with E-state index in [2.05, 4.69) is 20.4 Å². The van der Waals surface area contributed by atoms with Crippen LogP contribution in [0.2, 0.25) is 0 Å². The van der Waals surface area contributed by atoms with Gasteiger partial charge in [0.25, 0.3) is 0 Å². The summed E-state index contributed by atoms with van der Waals surface area (Å²) in [5, 5.41) is 7.11. The van der Waals surface area contributed by atoms with Crippen LogP contribution >= 0.6 is 12.2 Å². The second-order valence-corrected chi connectivity index (χ2v) is 7.34. The van der Waals surface area contributed by atoms with Crippen LogP contribution in [0.5, 0.6) is 11.5 Å². The van der Waals surface area contributed by atoms with Gasteiger partial charge < -0.3 is 25.0 Å². The lowest BCUT2D eigenvalue weighted by atomic mass is 10.2. The van der Waals surface area contributed by atoms with Crippen molar-refractivity contribution in [1.29, 1.82) is 0 Å². The van der Waals surface area contributed by atoms with Crippen molar-refractivity contribution in [2.24, 2.45) is 0 Å². The molecule has 1 saturated heterocycles. The van der Waals surface area contributed by atoms with E-state index < -0.39 is 0 Å². The largest absolute Gasteiger partial charge is 0.454 e. The number of fused-ring (bicyclic) bond motifs is 1. The minimum Gasteiger partial charge on any atom is -0.454 e. The molecule has 2 fully saturated rings. The number of hydrogen-bond acceptors (Lipinski definition) is 5. The summed E-state index contributed by atoms with van der Waals surface area (Å²) < 4.78 is 10.7. The zero-order valence-electron chi connectivity index (χ0n) is 14.7. The van der Waals surface area contributed by atoms with Crippen molar-refractivity contribution in [1.82, 2.24) is 20.4 Å². The first-order valence-electron chi connectivity index (χ1n) is 9.10. The molecule has 0 spiro atoms. The lowest BCUT2D eigenvalue weighted by molar-refractivity contribution is -0.122. The van der Waals surface area contributed by atoms with E-state index in [0.717, 1.165) is 61.2 Å². The minimum absolute atomic E-state index is 0.143. The molecule has 0 bridgehead atoms. The van der Waals surface area contributed by atoms with E-state index in [1.165, 1.54) is 0 Å². The summed E-state index contributed by atoms with van der Waals surface area (Å²) in [5.74, 6) is 1.72. The smallest absolute Gasteiger partial charge is 0.234 e. The molecule has 1 aromatic rings. The third-order valence-electron chi connectivity index (χ3n) is 4.85. The van der Waals surface area contributed by atoms with E-state index in [9.17, 15) is 4.79 Å². The number of hydrogen-bond donors (Lipinski definition) is 2. The molecule has 0 unspecified atom stereocenters. The number of ether oxygens (including phenoxy) is 2. The van der Waals surface area contributed by atoms with Crippen molar-refractivity contribution in [2.75, 3.05) is 39.5 Å². The molecule has 2 aliphatic heterocycles. The van der Waals surface area contributed by atoms with Crippen LogP contribution in [0.3, 0.4) is 0 Å². The Balaban J connectivity index is 1.19. The molecule has 1 amide bonds. The fraction of sp³-hybridized carbons (Fsp3) is 0.556. The van der Waals surface area contributed by atoms with Gasteiger partial charge in [-0.1, -0.05) is 6.07 Å². The Morgan fingerprint density at radius 1 is 1.15 bits per heavy atom. The predicted octanol–water partition coefficient (Wildman–Crippen LogP) is 0.686. The van der Waals surface area contributed by atoms with E-state index in [0.29, 0.717) is 19.1 Å². The monoisotopic (exact) mass is 376 g/mol. The number of amides is 1. The summed E-state index contributed by atoms with van der Waals surface area (Å²) in [6.07, 6.45) is 2.26. The normalized spacial score (nSPS) is 19.3. The Morgan fingerprint density at radius 3 is 2.69 bits per heavy atom. The average molecular weight is 376 g/mol. The van der Waals surface area contributed by atoms with Gasteiger partial charge in [-0.15, -0.1) is 0 Å². The summed E-state index contributed by atoms with van der Waals surface area (Å²) >= 11 is 5.53. The molecule has 8 heteroatoms. The molecule has 0 aromatic heterocycles. The van der Waals surface area contributed by atoms with Crippen LogP contribution in [-0.2, 0) is 11.3 Å². The lowest BCUT2D eigenvalue weighted by Gasteiger charge is -2.35. The molecule has 1 aromatic carbocycles. The van der Waals surface area contributed by atoms with Crippen LogP contribution in [0, 0.1) is 0 Å². The van der Waals surface area contributed by atoms with E-state index in [1.807, 2.05) is 18.2 Å². The van der Waals surface area contributed by atoms with Crippen molar-refractivity contribution in [3.63, 3.8) is 0 Å². The highest BCUT2D eigenvalue weighted by molar-refractivity contribution is 7.80. The molecule has 0 radical (unpaired) electrons. The fourth-order valence-electron chi connectivity index (χ4n) is 3.15. The van der Waals surface area contributed by atoms with Crippen LogP contribution in [0.1, 0.15) is 18.4 Å². The van der Waals surface area contributed by atoms with Gasteiger partial charge in [0.05, 0.1) is 6.54 Å². The fourth-order valence-corrected chi connectivity index (χ4v) is 3.41. The van der Waals surface area contributed by atoms with Crippen molar-refractivity contribution >= 4 is 23.2 Å². The third kappa shape index (κ3) is 4.37. The zero-order chi connectivity index (χ0) is 17.9. The van der Waals surface area contributed by atoms with Crippen LogP contribution < -0.4 is 20.1 Å². The van der Waals surface area contributed by atoms with Gasteiger partial charge in [0.2, 0.25) is 12.7 Å². The first kappa shape index (κ1) is 17.4. The summed E-state index contributed by atoms with van der Waals surface area (Å²) in [4.78, 5) is 16.2. The average Bonchev–Trinajstić information content (AvgIpc) is 3.33. The molecule has 26 heavy (non-hydrogen) atoms. The minimum atomic E-state index is 0.143. The summed E-state index contributed by atoms with van der Waals surface area (Å²) in [5.41, 5.74) is 1.10. The maximum Gasteiger partial charge on any atom is 0.234 e. The SMILES string of the molecule is O=C(CN1CCN(C(=S)NCc2ccc3c(c2)OCO3)CC1)NC1CC1. The Kier molecular flexibility index (Phi) is 5.12. The number of nitrogens with one attached hydrogen (secondary N) is 2. The first-order valence-corrected chi connectivity index (χ1v) is 9.51. The van der Waals surface area contributed by atoms with Gasteiger partial charge in [-0.2, -0.15) is 0 Å². The number of piperazine rings is 1. The number of thiocarbonyl (C=S) groups is 1. The first-order chi connectivity index (χ1) is 12.7. The quantitative estimate of drug-likeness (QED) is 0.733. The van der Waals surface area contributed by atoms with Crippen molar-refractivity contribution < 1.29 is 14.3 Å². The molecule has 140 valence electrons. The van der Waals surface area contributed by atoms with Crippen LogP contribution in [0.25, 0.3) is 0 Å². The standard InChI is InChI=1S/C18H24N4O3S/c23-17(20-14-2-3-14)11-21-5-7-22(8-6-21)18(26)19-10-13-1-4-15-16(9-13)25-12-24-15/h1,4,9,14H,2-3,5-8,10-12H2,(H,19,26)(H,20,23). The summed E-state index contributed by atoms with van der Waals surface area (Å²) in [6, 6.07) is 6.35. The number of nitrogens with zero attached hydrogens (tertiary/aromatic N) is 2. The molecular formula is C18H24N4O3S. The second-order valence-electron chi connectivity index (χ2n) is 6.95. The molecule has 3 aliphatic rings. The van der Waals surface area contributed by atoms with E-state index in [-0.39, 0.29) is 12.7 Å². The molecule has 7 nitrogen and oxygen atoms in total. The number of carbonyl (C=O) groups excluding carboxylic acids is 1. The Hall–Kier alpha value is -2.06. The summed E-state index contributed by atoms with van der Waals surface area (Å²) in [7, 11) is 0. The topological polar surface area (TPSA) is 66.1 Å². The maximum absolute atomic E-state index is 11.9. The molecule has 2 heterocycles. The van der Waals surface area contributed by atoms with Gasteiger partial charge in [0, 0.05) is 38.8 Å². The zero-order valence-corrected chi connectivity index (χ0v) is 15.5. The van der Waals surface area contributed by atoms with Crippen molar-refractivity contribution in [3.05, 3.63) is 23.8 Å². The number of carbonyl (C=O) groups is 1. The van der Waals surface area contributed by atoms with Crippen LogP contribution in [0.4, 0.5) is 0 Å². The van der Waals surface area contributed by atoms with E-state index in [4.69, 9.17) is 21.7 Å². The van der Waals surface area contributed by atoms with Gasteiger partial charge in [-0.25, -0.2) is 0 Å². The Bertz CT molecular complexity index is 687. The number of benzene rings is 1. The number of rotatable bonds is 5. The van der Waals surface area contributed by atoms with Crippen LogP contribution in [0.15, 0.2) is 18.2 Å². The van der Waals surface area contributed by atoms with Crippen molar-refractivity contribution in [2.45, 2.75) is 25.4 Å². The second kappa shape index (κ2) is 7.67. The molecule has 1 saturated carbocycles. The molecule has 1 aliphatic carbocycles. The van der Waals surface area contributed by atoms with Gasteiger partial charge in [-0.3, -0.25) is 9.69 Å². The predicted molar refractivity (Wildman–Crippen MR) is 101 cm³/mol.